The number of nitrogens with zero attached hydrogens (tertiary/aromatic N) is 1. The summed E-state index contributed by atoms with van der Waals surface area (Å²) in [7, 11) is 0. The number of halogens is 1. The van der Waals surface area contributed by atoms with Gasteiger partial charge < -0.3 is 4.55 Å². The Morgan fingerprint density at radius 3 is 2.25 bits per heavy atom. The van der Waals surface area contributed by atoms with Crippen LogP contribution in [0.4, 0.5) is 4.39 Å². The summed E-state index contributed by atoms with van der Waals surface area (Å²) in [5.74, 6) is -0.183. The van der Waals surface area contributed by atoms with Crippen LogP contribution >= 0.6 is 0 Å². The van der Waals surface area contributed by atoms with Crippen molar-refractivity contribution < 1.29 is 8.94 Å². The second-order valence-electron chi connectivity index (χ2n) is 7.28. The van der Waals surface area contributed by atoms with E-state index in [0.717, 1.165) is 19.3 Å². The zero-order valence-corrected chi connectivity index (χ0v) is 13.0. The highest BCUT2D eigenvalue weighted by Crippen LogP contribution is 2.72. The topological polar surface area (TPSA) is 35.4 Å². The molecule has 0 N–H and O–H groups in total. The average molecular weight is 293 g/mol. The fourth-order valence-electron chi connectivity index (χ4n) is 3.43. The van der Waals surface area contributed by atoms with Crippen LogP contribution in [-0.4, -0.2) is 15.5 Å². The summed E-state index contributed by atoms with van der Waals surface area (Å²) in [6.07, 6.45) is 5.07. The van der Waals surface area contributed by atoms with Gasteiger partial charge in [0.2, 0.25) is 0 Å². The molecule has 1 atom stereocenters. The molecular weight excluding hydrogens is 273 g/mol. The Morgan fingerprint density at radius 2 is 1.75 bits per heavy atom. The maximum atomic E-state index is 13.0. The largest absolute Gasteiger partial charge is 0.591 e. The van der Waals surface area contributed by atoms with Crippen molar-refractivity contribution in [3.8, 4) is 0 Å². The van der Waals surface area contributed by atoms with E-state index in [2.05, 4.69) is 4.40 Å². The van der Waals surface area contributed by atoms with Crippen molar-refractivity contribution in [1.82, 2.24) is 0 Å². The zero-order valence-electron chi connectivity index (χ0n) is 12.1. The highest BCUT2D eigenvalue weighted by Gasteiger charge is 2.67. The predicted molar refractivity (Wildman–Crippen MR) is 80.7 cm³/mol. The minimum absolute atomic E-state index is 0.148. The van der Waals surface area contributed by atoms with Gasteiger partial charge >= 0.3 is 0 Å². The Morgan fingerprint density at radius 1 is 1.20 bits per heavy atom. The fraction of sp³-hybridized carbons (Fsp3) is 0.562. The summed E-state index contributed by atoms with van der Waals surface area (Å²) < 4.78 is 28.8. The molecule has 1 aromatic rings. The Kier molecular flexibility index (Phi) is 3.04. The summed E-state index contributed by atoms with van der Waals surface area (Å²) in [5.41, 5.74) is 1.60. The van der Waals surface area contributed by atoms with Crippen LogP contribution in [0.25, 0.3) is 0 Å². The van der Waals surface area contributed by atoms with E-state index in [1.807, 2.05) is 39.1 Å². The molecule has 2 bridgehead atoms. The molecule has 20 heavy (non-hydrogen) atoms. The normalized spacial score (nSPS) is 33.6. The lowest BCUT2D eigenvalue weighted by atomic mass is 9.34. The van der Waals surface area contributed by atoms with E-state index < -0.39 is 11.4 Å². The lowest BCUT2D eigenvalue weighted by molar-refractivity contribution is -0.0776. The van der Waals surface area contributed by atoms with Crippen LogP contribution in [-0.2, 0) is 16.8 Å². The number of hydrogen-bond acceptors (Lipinski definition) is 2. The highest BCUT2D eigenvalue weighted by molar-refractivity contribution is 7.91. The quantitative estimate of drug-likeness (QED) is 0.617. The van der Waals surface area contributed by atoms with Crippen LogP contribution in [0, 0.1) is 11.2 Å². The molecule has 3 aliphatic carbocycles. The lowest BCUT2D eigenvalue weighted by Crippen LogP contribution is -2.65. The summed E-state index contributed by atoms with van der Waals surface area (Å²) in [6.45, 7) is 5.80. The van der Waals surface area contributed by atoms with Crippen molar-refractivity contribution in [2.45, 2.75) is 50.2 Å². The molecule has 0 amide bonds. The molecule has 0 radical (unpaired) electrons. The van der Waals surface area contributed by atoms with Gasteiger partial charge in [-0.1, -0.05) is 16.5 Å². The monoisotopic (exact) mass is 293 g/mol. The molecule has 3 saturated carbocycles. The average Bonchev–Trinajstić information content (AvgIpc) is 2.26. The Hall–Kier alpha value is -0.870. The molecular formula is C16H20FNOS. The van der Waals surface area contributed by atoms with Gasteiger partial charge in [-0.3, -0.25) is 0 Å². The van der Waals surface area contributed by atoms with Crippen LogP contribution < -0.4 is 0 Å². The molecule has 4 rings (SSSR count). The van der Waals surface area contributed by atoms with Gasteiger partial charge in [0.25, 0.3) is 0 Å². The molecule has 3 fully saturated rings. The fourth-order valence-corrected chi connectivity index (χ4v) is 4.07. The van der Waals surface area contributed by atoms with Gasteiger partial charge in [-0.2, -0.15) is 0 Å². The predicted octanol–water partition coefficient (Wildman–Crippen LogP) is 3.78. The summed E-state index contributed by atoms with van der Waals surface area (Å²) in [5, 5.41) is 0. The van der Waals surface area contributed by atoms with E-state index in [9.17, 15) is 8.94 Å². The molecule has 0 spiro atoms. The molecule has 4 heteroatoms. The van der Waals surface area contributed by atoms with Gasteiger partial charge in [-0.15, -0.1) is 0 Å². The van der Waals surface area contributed by atoms with Gasteiger partial charge in [0.15, 0.2) is 0 Å². The molecule has 1 unspecified atom stereocenters. The third kappa shape index (κ3) is 2.19. The van der Waals surface area contributed by atoms with E-state index in [-0.39, 0.29) is 21.4 Å². The second kappa shape index (κ2) is 4.31. The standard InChI is InChI=1S/C16H20FNOS/c1-14(2,3)20(19)18-11-15-8-16(9-15,10-15)12-4-6-13(17)7-5-12/h4-7,11H,8-10H2,1-3H3/b18-11+. The Balaban J connectivity index is 1.64. The van der Waals surface area contributed by atoms with Crippen LogP contribution in [0.2, 0.25) is 0 Å². The van der Waals surface area contributed by atoms with Crippen molar-refractivity contribution in [1.29, 1.82) is 0 Å². The first-order valence-corrected chi connectivity index (χ1v) is 8.09. The van der Waals surface area contributed by atoms with Crippen LogP contribution in [0.1, 0.15) is 45.6 Å². The zero-order chi connectivity index (χ0) is 14.6. The number of hydrogen-bond donors (Lipinski definition) is 0. The van der Waals surface area contributed by atoms with Gasteiger partial charge in [0.1, 0.15) is 21.9 Å². The minimum atomic E-state index is -1.17. The SMILES string of the molecule is CC(C)(C)[S+]([O-])/N=C/C12CC(c3ccc(F)cc3)(C1)C2. The first kappa shape index (κ1) is 14.1. The van der Waals surface area contributed by atoms with Crippen molar-refractivity contribution in [3.63, 3.8) is 0 Å². The van der Waals surface area contributed by atoms with Crippen LogP contribution in [0.5, 0.6) is 0 Å². The number of rotatable bonds is 3. The minimum Gasteiger partial charge on any atom is -0.591 e. The molecule has 0 aliphatic heterocycles. The van der Waals surface area contributed by atoms with Gasteiger partial charge in [0.05, 0.1) is 6.21 Å². The molecule has 0 aromatic heterocycles. The van der Waals surface area contributed by atoms with E-state index in [1.54, 1.807) is 0 Å². The lowest BCUT2D eigenvalue weighted by Gasteiger charge is -2.69. The van der Waals surface area contributed by atoms with Crippen LogP contribution in [0.15, 0.2) is 28.7 Å². The van der Waals surface area contributed by atoms with E-state index >= 15 is 0 Å². The van der Waals surface area contributed by atoms with Crippen molar-refractivity contribution >= 4 is 17.6 Å². The molecule has 108 valence electrons. The second-order valence-corrected chi connectivity index (χ2v) is 9.21. The summed E-state index contributed by atoms with van der Waals surface area (Å²) >= 11 is -1.17. The van der Waals surface area contributed by atoms with Crippen molar-refractivity contribution in [3.05, 3.63) is 35.6 Å². The third-order valence-electron chi connectivity index (χ3n) is 4.47. The van der Waals surface area contributed by atoms with Crippen LogP contribution in [0.3, 0.4) is 0 Å². The number of benzene rings is 1. The molecule has 1 aromatic carbocycles. The molecule has 0 saturated heterocycles. The smallest absolute Gasteiger partial charge is 0.144 e. The highest BCUT2D eigenvalue weighted by atomic mass is 32.2. The Bertz CT molecular complexity index is 527. The Labute approximate surface area is 122 Å². The van der Waals surface area contributed by atoms with Gasteiger partial charge in [0, 0.05) is 5.41 Å². The van der Waals surface area contributed by atoms with Crippen molar-refractivity contribution in [2.24, 2.45) is 9.81 Å². The van der Waals surface area contributed by atoms with Crippen molar-refractivity contribution in [2.75, 3.05) is 0 Å². The first-order chi connectivity index (χ1) is 9.25. The van der Waals surface area contributed by atoms with E-state index in [1.165, 1.54) is 17.7 Å². The summed E-state index contributed by atoms with van der Waals surface area (Å²) in [4.78, 5) is 0. The molecule has 2 nitrogen and oxygen atoms in total. The molecule has 3 aliphatic rings. The van der Waals surface area contributed by atoms with E-state index in [0.29, 0.717) is 0 Å². The maximum absolute atomic E-state index is 13.0. The first-order valence-electron chi connectivity index (χ1n) is 6.98. The van der Waals surface area contributed by atoms with E-state index in [4.69, 9.17) is 0 Å². The maximum Gasteiger partial charge on any atom is 0.144 e. The third-order valence-corrected chi connectivity index (χ3v) is 5.82. The van der Waals surface area contributed by atoms with Gasteiger partial charge in [-0.25, -0.2) is 4.39 Å². The summed E-state index contributed by atoms with van der Waals surface area (Å²) in [6, 6.07) is 6.85. The van der Waals surface area contributed by atoms with Gasteiger partial charge in [-0.05, 0) is 63.1 Å². The molecule has 0 heterocycles.